The van der Waals surface area contributed by atoms with Crippen molar-refractivity contribution in [2.75, 3.05) is 0 Å². The highest BCUT2D eigenvalue weighted by Crippen LogP contribution is 2.34. The molecule has 0 bridgehead atoms. The number of benzene rings is 2. The SMILES string of the molecule is Cc1ccc(S(=O)(=O)OCc2c(Cl)ccc([N+](=O)[O-])c2Cl)cc1. The molecule has 0 N–H and O–H groups in total. The van der Waals surface area contributed by atoms with Crippen molar-refractivity contribution in [3.8, 4) is 0 Å². The van der Waals surface area contributed by atoms with Gasteiger partial charge in [0, 0.05) is 16.7 Å². The Hall–Kier alpha value is -1.67. The van der Waals surface area contributed by atoms with Gasteiger partial charge in [0.25, 0.3) is 15.8 Å². The third-order valence-electron chi connectivity index (χ3n) is 3.03. The summed E-state index contributed by atoms with van der Waals surface area (Å²) in [6.07, 6.45) is 0. The number of nitrogens with zero attached hydrogens (tertiary/aromatic N) is 1. The number of rotatable bonds is 5. The molecule has 0 aromatic heterocycles. The van der Waals surface area contributed by atoms with Gasteiger partial charge in [0.05, 0.1) is 16.4 Å². The molecule has 0 radical (unpaired) electrons. The van der Waals surface area contributed by atoms with Crippen LogP contribution >= 0.6 is 23.2 Å². The zero-order chi connectivity index (χ0) is 17.2. The maximum atomic E-state index is 12.1. The lowest BCUT2D eigenvalue weighted by Crippen LogP contribution is -2.07. The molecule has 0 unspecified atom stereocenters. The topological polar surface area (TPSA) is 86.5 Å². The predicted molar refractivity (Wildman–Crippen MR) is 86.3 cm³/mol. The smallest absolute Gasteiger partial charge is 0.261 e. The Balaban J connectivity index is 2.28. The van der Waals surface area contributed by atoms with Crippen LogP contribution in [0.1, 0.15) is 11.1 Å². The zero-order valence-electron chi connectivity index (χ0n) is 11.8. The maximum absolute atomic E-state index is 12.1. The van der Waals surface area contributed by atoms with Crippen LogP contribution in [-0.4, -0.2) is 13.3 Å². The molecule has 0 aliphatic carbocycles. The summed E-state index contributed by atoms with van der Waals surface area (Å²) < 4.78 is 29.2. The van der Waals surface area contributed by atoms with Crippen LogP contribution in [0, 0.1) is 17.0 Å². The van der Waals surface area contributed by atoms with Crippen LogP contribution in [0.25, 0.3) is 0 Å². The second kappa shape index (κ2) is 6.84. The van der Waals surface area contributed by atoms with Crippen molar-refractivity contribution in [2.45, 2.75) is 18.4 Å². The molecule has 0 atom stereocenters. The lowest BCUT2D eigenvalue weighted by Gasteiger charge is -2.09. The Kier molecular flexibility index (Phi) is 5.26. The monoisotopic (exact) mass is 375 g/mol. The van der Waals surface area contributed by atoms with E-state index in [1.54, 1.807) is 12.1 Å². The van der Waals surface area contributed by atoms with Crippen LogP contribution in [-0.2, 0) is 20.9 Å². The summed E-state index contributed by atoms with van der Waals surface area (Å²) >= 11 is 11.8. The molecule has 122 valence electrons. The van der Waals surface area contributed by atoms with Crippen molar-refractivity contribution in [1.29, 1.82) is 0 Å². The fraction of sp³-hybridized carbons (Fsp3) is 0.143. The minimum absolute atomic E-state index is 0.0271. The van der Waals surface area contributed by atoms with Crippen LogP contribution < -0.4 is 0 Å². The summed E-state index contributed by atoms with van der Waals surface area (Å²) in [5, 5.41) is 10.7. The lowest BCUT2D eigenvalue weighted by molar-refractivity contribution is -0.384. The van der Waals surface area contributed by atoms with Gasteiger partial charge in [0.2, 0.25) is 0 Å². The van der Waals surface area contributed by atoms with Gasteiger partial charge in [-0.2, -0.15) is 8.42 Å². The molecule has 2 aromatic carbocycles. The number of hydrogen-bond acceptors (Lipinski definition) is 5. The van der Waals surface area contributed by atoms with Crippen LogP contribution in [0.4, 0.5) is 5.69 Å². The van der Waals surface area contributed by atoms with Crippen molar-refractivity contribution in [1.82, 2.24) is 0 Å². The van der Waals surface area contributed by atoms with Crippen molar-refractivity contribution in [3.63, 3.8) is 0 Å². The molecule has 0 saturated heterocycles. The summed E-state index contributed by atoms with van der Waals surface area (Å²) in [4.78, 5) is 10.1. The number of hydrogen-bond donors (Lipinski definition) is 0. The second-order valence-electron chi connectivity index (χ2n) is 4.65. The Morgan fingerprint density at radius 1 is 1.13 bits per heavy atom. The van der Waals surface area contributed by atoms with Gasteiger partial charge in [-0.15, -0.1) is 0 Å². The highest BCUT2D eigenvalue weighted by Gasteiger charge is 2.22. The first-order valence-corrected chi connectivity index (χ1v) is 8.46. The summed E-state index contributed by atoms with van der Waals surface area (Å²) in [7, 11) is -4.03. The molecule has 2 aromatic rings. The molecule has 2 rings (SSSR count). The molecule has 0 aliphatic rings. The van der Waals surface area contributed by atoms with E-state index >= 15 is 0 Å². The summed E-state index contributed by atoms with van der Waals surface area (Å²) in [6, 6.07) is 8.47. The quantitative estimate of drug-likeness (QED) is 0.445. The Labute approximate surface area is 142 Å². The number of nitro benzene ring substituents is 1. The molecular formula is C14H11Cl2NO5S. The van der Waals surface area contributed by atoms with Gasteiger partial charge in [-0.3, -0.25) is 14.3 Å². The first-order chi connectivity index (χ1) is 10.7. The normalized spacial score (nSPS) is 11.4. The van der Waals surface area contributed by atoms with E-state index in [4.69, 9.17) is 27.4 Å². The third-order valence-corrected chi connectivity index (χ3v) is 5.08. The summed E-state index contributed by atoms with van der Waals surface area (Å²) in [6.45, 7) is 1.31. The molecule has 0 saturated carbocycles. The molecule has 9 heteroatoms. The van der Waals surface area contributed by atoms with E-state index in [9.17, 15) is 18.5 Å². The highest BCUT2D eigenvalue weighted by molar-refractivity contribution is 7.86. The van der Waals surface area contributed by atoms with Gasteiger partial charge in [0.15, 0.2) is 0 Å². The summed E-state index contributed by atoms with van der Waals surface area (Å²) in [5.74, 6) is 0. The van der Waals surface area contributed by atoms with Gasteiger partial charge in [-0.1, -0.05) is 40.9 Å². The van der Waals surface area contributed by atoms with Crippen LogP contribution in [0.5, 0.6) is 0 Å². The first kappa shape index (κ1) is 17.7. The molecule has 0 spiro atoms. The Morgan fingerprint density at radius 3 is 2.30 bits per heavy atom. The van der Waals surface area contributed by atoms with E-state index in [0.29, 0.717) is 0 Å². The zero-order valence-corrected chi connectivity index (χ0v) is 14.2. The second-order valence-corrected chi connectivity index (χ2v) is 7.05. The van der Waals surface area contributed by atoms with Crippen molar-refractivity contribution in [2.24, 2.45) is 0 Å². The molecule has 0 heterocycles. The number of halogens is 2. The number of nitro groups is 1. The van der Waals surface area contributed by atoms with E-state index in [-0.39, 0.29) is 26.2 Å². The first-order valence-electron chi connectivity index (χ1n) is 6.30. The number of aryl methyl sites for hydroxylation is 1. The van der Waals surface area contributed by atoms with Crippen molar-refractivity contribution >= 4 is 39.0 Å². The van der Waals surface area contributed by atoms with E-state index in [0.717, 1.165) is 11.6 Å². The molecule has 0 aliphatic heterocycles. The standard InChI is InChI=1S/C14H11Cl2NO5S/c1-9-2-4-10(5-3-9)23(20,21)22-8-11-12(15)6-7-13(14(11)16)17(18)19/h2-7H,8H2,1H3. The highest BCUT2D eigenvalue weighted by atomic mass is 35.5. The predicted octanol–water partition coefficient (Wildman–Crippen LogP) is 4.12. The molecular weight excluding hydrogens is 365 g/mol. The maximum Gasteiger partial charge on any atom is 0.297 e. The largest absolute Gasteiger partial charge is 0.297 e. The molecule has 6 nitrogen and oxygen atoms in total. The van der Waals surface area contributed by atoms with Crippen LogP contribution in [0.15, 0.2) is 41.3 Å². The van der Waals surface area contributed by atoms with Gasteiger partial charge >= 0.3 is 0 Å². The Morgan fingerprint density at radius 2 is 1.74 bits per heavy atom. The van der Waals surface area contributed by atoms with E-state index in [1.807, 2.05) is 6.92 Å². The van der Waals surface area contributed by atoms with Gasteiger partial charge in [-0.05, 0) is 25.1 Å². The van der Waals surface area contributed by atoms with E-state index in [2.05, 4.69) is 0 Å². The van der Waals surface area contributed by atoms with E-state index in [1.165, 1.54) is 18.2 Å². The van der Waals surface area contributed by atoms with Gasteiger partial charge in [0.1, 0.15) is 5.02 Å². The average Bonchev–Trinajstić information content (AvgIpc) is 2.47. The fourth-order valence-electron chi connectivity index (χ4n) is 1.77. The van der Waals surface area contributed by atoms with Crippen molar-refractivity contribution < 1.29 is 17.5 Å². The molecule has 23 heavy (non-hydrogen) atoms. The summed E-state index contributed by atoms with van der Waals surface area (Å²) in [5.41, 5.74) is 0.564. The minimum atomic E-state index is -4.03. The van der Waals surface area contributed by atoms with Gasteiger partial charge < -0.3 is 0 Å². The van der Waals surface area contributed by atoms with Crippen LogP contribution in [0.3, 0.4) is 0 Å². The Bertz CT molecular complexity index is 850. The molecule has 0 amide bonds. The minimum Gasteiger partial charge on any atom is -0.261 e. The van der Waals surface area contributed by atoms with Gasteiger partial charge in [-0.25, -0.2) is 0 Å². The fourth-order valence-corrected chi connectivity index (χ4v) is 3.20. The lowest BCUT2D eigenvalue weighted by atomic mass is 10.2. The van der Waals surface area contributed by atoms with E-state index < -0.39 is 21.6 Å². The van der Waals surface area contributed by atoms with Crippen molar-refractivity contribution in [3.05, 3.63) is 67.7 Å². The van der Waals surface area contributed by atoms with Crippen LogP contribution in [0.2, 0.25) is 10.0 Å². The third kappa shape index (κ3) is 4.00. The average molecular weight is 376 g/mol. The molecule has 0 fully saturated rings.